The van der Waals surface area contributed by atoms with Crippen molar-refractivity contribution < 1.29 is 23.8 Å². The number of aliphatic imine (C=N–C) groups is 1. The largest absolute Gasteiger partial charge is 0.493 e. The maximum absolute atomic E-state index is 12.3. The summed E-state index contributed by atoms with van der Waals surface area (Å²) in [7, 11) is 1.45. The first kappa shape index (κ1) is 21.6. The zero-order valence-electron chi connectivity index (χ0n) is 16.7. The van der Waals surface area contributed by atoms with Crippen LogP contribution < -0.4 is 9.47 Å². The second-order valence-corrected chi connectivity index (χ2v) is 7.45. The predicted molar refractivity (Wildman–Crippen MR) is 121 cm³/mol. The zero-order valence-corrected chi connectivity index (χ0v) is 18.2. The van der Waals surface area contributed by atoms with Gasteiger partial charge in [-0.05, 0) is 54.1 Å². The van der Waals surface area contributed by atoms with E-state index in [4.69, 9.17) is 37.4 Å². The molecule has 0 atom stereocenters. The number of methoxy groups -OCH3 is 1. The Kier molecular flexibility index (Phi) is 6.25. The summed E-state index contributed by atoms with van der Waals surface area (Å²) in [6.07, 6.45) is 1.54. The average molecular weight is 468 g/mol. The van der Waals surface area contributed by atoms with Crippen molar-refractivity contribution in [3.63, 3.8) is 0 Å². The first-order valence-electron chi connectivity index (χ1n) is 9.38. The van der Waals surface area contributed by atoms with Crippen molar-refractivity contribution in [2.45, 2.75) is 0 Å². The Morgan fingerprint density at radius 2 is 1.75 bits per heavy atom. The Balaban J connectivity index is 1.58. The van der Waals surface area contributed by atoms with E-state index in [2.05, 4.69) is 4.99 Å². The van der Waals surface area contributed by atoms with Crippen molar-refractivity contribution in [3.05, 3.63) is 99.2 Å². The third kappa shape index (κ3) is 4.66. The van der Waals surface area contributed by atoms with Crippen LogP contribution in [-0.2, 0) is 9.53 Å². The van der Waals surface area contributed by atoms with Gasteiger partial charge in [0.15, 0.2) is 17.2 Å². The standard InChI is InChI=1S/C24H15Cl2NO5/c1-30-21-12-14(7-10-20(21)31-23(28)15-5-3-2-4-6-15)11-19-24(29)32-22(27-19)16-8-9-17(25)18(26)13-16/h2-13H,1H3/b19-11-. The molecule has 3 aromatic carbocycles. The van der Waals surface area contributed by atoms with Crippen molar-refractivity contribution >= 4 is 47.1 Å². The number of hydrogen-bond acceptors (Lipinski definition) is 6. The van der Waals surface area contributed by atoms with Gasteiger partial charge in [0.25, 0.3) is 0 Å². The lowest BCUT2D eigenvalue weighted by Crippen LogP contribution is -2.09. The van der Waals surface area contributed by atoms with Crippen LogP contribution in [0.15, 0.2) is 77.4 Å². The smallest absolute Gasteiger partial charge is 0.363 e. The predicted octanol–water partition coefficient (Wildman–Crippen LogP) is 5.57. The maximum Gasteiger partial charge on any atom is 0.363 e. The van der Waals surface area contributed by atoms with Gasteiger partial charge in [-0.3, -0.25) is 0 Å². The minimum atomic E-state index is -0.607. The third-order valence-electron chi connectivity index (χ3n) is 4.49. The first-order valence-corrected chi connectivity index (χ1v) is 10.1. The van der Waals surface area contributed by atoms with E-state index in [1.807, 2.05) is 6.07 Å². The van der Waals surface area contributed by atoms with E-state index in [-0.39, 0.29) is 17.3 Å². The minimum Gasteiger partial charge on any atom is -0.493 e. The van der Waals surface area contributed by atoms with Gasteiger partial charge in [0.2, 0.25) is 5.90 Å². The molecule has 3 aromatic rings. The summed E-state index contributed by atoms with van der Waals surface area (Å²) in [6.45, 7) is 0. The van der Waals surface area contributed by atoms with Crippen molar-refractivity contribution in [2.75, 3.05) is 7.11 Å². The SMILES string of the molecule is COc1cc(/C=C2\N=C(c3ccc(Cl)c(Cl)c3)OC2=O)ccc1OC(=O)c1ccccc1. The molecule has 0 aliphatic carbocycles. The number of rotatable bonds is 5. The van der Waals surface area contributed by atoms with Crippen molar-refractivity contribution in [2.24, 2.45) is 4.99 Å². The molecule has 1 aliphatic heterocycles. The molecule has 0 fully saturated rings. The Hall–Kier alpha value is -3.61. The molecule has 160 valence electrons. The number of carbonyl (C=O) groups excluding carboxylic acids is 2. The number of benzene rings is 3. The molecule has 0 N–H and O–H groups in total. The van der Waals surface area contributed by atoms with Crippen molar-refractivity contribution in [1.29, 1.82) is 0 Å². The lowest BCUT2D eigenvalue weighted by atomic mass is 10.1. The van der Waals surface area contributed by atoms with Crippen molar-refractivity contribution in [3.8, 4) is 11.5 Å². The molecule has 0 amide bonds. The summed E-state index contributed by atoms with van der Waals surface area (Å²) in [5.41, 5.74) is 1.64. The van der Waals surface area contributed by atoms with Gasteiger partial charge in [0, 0.05) is 5.56 Å². The van der Waals surface area contributed by atoms with E-state index < -0.39 is 11.9 Å². The summed E-state index contributed by atoms with van der Waals surface area (Å²) >= 11 is 12.0. The molecule has 8 heteroatoms. The summed E-state index contributed by atoms with van der Waals surface area (Å²) in [5, 5.41) is 0.710. The summed E-state index contributed by atoms with van der Waals surface area (Å²) in [5.74, 6) is -0.420. The average Bonchev–Trinajstić information content (AvgIpc) is 3.17. The van der Waals surface area contributed by atoms with Crippen LogP contribution in [0.25, 0.3) is 6.08 Å². The highest BCUT2D eigenvalue weighted by molar-refractivity contribution is 6.42. The van der Waals surface area contributed by atoms with Gasteiger partial charge in [0.05, 0.1) is 22.7 Å². The molecule has 0 aromatic heterocycles. The molecule has 0 unspecified atom stereocenters. The molecule has 32 heavy (non-hydrogen) atoms. The fourth-order valence-electron chi connectivity index (χ4n) is 2.91. The van der Waals surface area contributed by atoms with Crippen molar-refractivity contribution in [1.82, 2.24) is 0 Å². The van der Waals surface area contributed by atoms with Gasteiger partial charge in [-0.25, -0.2) is 14.6 Å². The topological polar surface area (TPSA) is 74.2 Å². The Morgan fingerprint density at radius 1 is 0.969 bits per heavy atom. The van der Waals surface area contributed by atoms with Crippen LogP contribution in [0.2, 0.25) is 10.0 Å². The minimum absolute atomic E-state index is 0.0992. The lowest BCUT2D eigenvalue weighted by Gasteiger charge is -2.10. The van der Waals surface area contributed by atoms with Crippen LogP contribution in [0.5, 0.6) is 11.5 Å². The monoisotopic (exact) mass is 467 g/mol. The lowest BCUT2D eigenvalue weighted by molar-refractivity contribution is -0.129. The molecule has 0 bridgehead atoms. The van der Waals surface area contributed by atoms with Crippen LogP contribution in [0, 0.1) is 0 Å². The number of nitrogens with zero attached hydrogens (tertiary/aromatic N) is 1. The second-order valence-electron chi connectivity index (χ2n) is 6.63. The molecule has 0 saturated carbocycles. The quantitative estimate of drug-likeness (QED) is 0.278. The van der Waals surface area contributed by atoms with E-state index in [9.17, 15) is 9.59 Å². The summed E-state index contributed by atoms with van der Waals surface area (Å²) in [6, 6.07) is 18.3. The van der Waals surface area contributed by atoms with Gasteiger partial charge in [-0.1, -0.05) is 47.5 Å². The molecular formula is C24H15Cl2NO5. The number of carbonyl (C=O) groups is 2. The maximum atomic E-state index is 12.3. The third-order valence-corrected chi connectivity index (χ3v) is 5.23. The van der Waals surface area contributed by atoms with Gasteiger partial charge in [-0.15, -0.1) is 0 Å². The number of esters is 2. The normalized spacial score (nSPS) is 14.2. The Bertz CT molecular complexity index is 1270. The van der Waals surface area contributed by atoms with Gasteiger partial charge < -0.3 is 14.2 Å². The molecule has 6 nitrogen and oxygen atoms in total. The van der Waals surface area contributed by atoms with Crippen LogP contribution in [0.1, 0.15) is 21.5 Å². The number of cyclic esters (lactones) is 1. The van der Waals surface area contributed by atoms with E-state index in [0.717, 1.165) is 0 Å². The molecule has 1 heterocycles. The van der Waals surface area contributed by atoms with E-state index in [0.29, 0.717) is 32.5 Å². The van der Waals surface area contributed by atoms with Crippen LogP contribution in [0.4, 0.5) is 0 Å². The molecule has 4 rings (SSSR count). The Labute approximate surface area is 193 Å². The number of hydrogen-bond donors (Lipinski definition) is 0. The molecule has 1 aliphatic rings. The molecule has 0 saturated heterocycles. The summed E-state index contributed by atoms with van der Waals surface area (Å²) < 4.78 is 16.0. The van der Waals surface area contributed by atoms with E-state index in [1.165, 1.54) is 13.2 Å². The molecule has 0 radical (unpaired) electrons. The molecular weight excluding hydrogens is 453 g/mol. The first-order chi connectivity index (χ1) is 15.4. The van der Waals surface area contributed by atoms with Gasteiger partial charge in [0.1, 0.15) is 0 Å². The van der Waals surface area contributed by atoms with Crippen LogP contribution >= 0.6 is 23.2 Å². The summed E-state index contributed by atoms with van der Waals surface area (Å²) in [4.78, 5) is 28.8. The van der Waals surface area contributed by atoms with Crippen LogP contribution in [0.3, 0.4) is 0 Å². The highest BCUT2D eigenvalue weighted by atomic mass is 35.5. The fourth-order valence-corrected chi connectivity index (χ4v) is 3.21. The second kappa shape index (κ2) is 9.26. The van der Waals surface area contributed by atoms with Gasteiger partial charge in [-0.2, -0.15) is 0 Å². The van der Waals surface area contributed by atoms with E-state index >= 15 is 0 Å². The highest BCUT2D eigenvalue weighted by Gasteiger charge is 2.25. The Morgan fingerprint density at radius 3 is 2.47 bits per heavy atom. The van der Waals surface area contributed by atoms with Gasteiger partial charge >= 0.3 is 11.9 Å². The van der Waals surface area contributed by atoms with E-state index in [1.54, 1.807) is 60.7 Å². The molecule has 0 spiro atoms. The van der Waals surface area contributed by atoms with Crippen LogP contribution in [-0.4, -0.2) is 24.9 Å². The number of halogens is 2. The highest BCUT2D eigenvalue weighted by Crippen LogP contribution is 2.31. The fraction of sp³-hybridized carbons (Fsp3) is 0.0417. The zero-order chi connectivity index (χ0) is 22.7. The number of ether oxygens (including phenoxy) is 3.